The number of hydrogen-bond acceptors (Lipinski definition) is 4. The van der Waals surface area contributed by atoms with Gasteiger partial charge in [0.1, 0.15) is 6.04 Å². The number of amides is 1. The number of nitrogens with two attached hydrogens (primary N) is 1. The van der Waals surface area contributed by atoms with E-state index in [9.17, 15) is 14.4 Å². The Bertz CT molecular complexity index is 236. The highest BCUT2D eigenvalue weighted by Gasteiger charge is 2.23. The summed E-state index contributed by atoms with van der Waals surface area (Å²) in [4.78, 5) is 32.3. The highest BCUT2D eigenvalue weighted by Crippen LogP contribution is 1.98. The first-order valence-electron chi connectivity index (χ1n) is 3.81. The van der Waals surface area contributed by atoms with Crippen molar-refractivity contribution < 1.29 is 24.6 Å². The van der Waals surface area contributed by atoms with Crippen LogP contribution < -0.4 is 5.73 Å². The van der Waals surface area contributed by atoms with Gasteiger partial charge in [-0.15, -0.1) is 0 Å². The van der Waals surface area contributed by atoms with Crippen LogP contribution in [0.5, 0.6) is 0 Å². The fourth-order valence-electron chi connectivity index (χ4n) is 0.860. The van der Waals surface area contributed by atoms with Crippen LogP contribution in [0.15, 0.2) is 0 Å². The van der Waals surface area contributed by atoms with Gasteiger partial charge >= 0.3 is 11.9 Å². The number of rotatable bonds is 6. The maximum absolute atomic E-state index is 10.5. The fraction of sp³-hybridized carbons (Fsp3) is 0.571. The Hall–Kier alpha value is -1.63. The molecule has 0 saturated carbocycles. The van der Waals surface area contributed by atoms with Gasteiger partial charge in [0.25, 0.3) is 0 Å². The molecule has 0 bridgehead atoms. The molecular weight excluding hydrogens is 192 g/mol. The van der Waals surface area contributed by atoms with E-state index in [0.717, 1.165) is 4.90 Å². The summed E-state index contributed by atoms with van der Waals surface area (Å²) in [5.74, 6) is -3.17. The lowest BCUT2D eigenvalue weighted by Crippen LogP contribution is -2.46. The van der Waals surface area contributed by atoms with Gasteiger partial charge in [-0.25, -0.2) is 0 Å². The van der Waals surface area contributed by atoms with E-state index in [1.54, 1.807) is 0 Å². The normalized spacial score (nSPS) is 12.4. The van der Waals surface area contributed by atoms with Crippen LogP contribution in [0, 0.1) is 0 Å². The van der Waals surface area contributed by atoms with Crippen LogP contribution in [0.25, 0.3) is 0 Å². The van der Waals surface area contributed by atoms with Crippen molar-refractivity contribution in [1.82, 2.24) is 4.90 Å². The van der Waals surface area contributed by atoms with E-state index in [-0.39, 0.29) is 6.54 Å². The highest BCUT2D eigenvalue weighted by molar-refractivity contribution is 5.80. The molecule has 7 nitrogen and oxygen atoms in total. The number of carboxylic acid groups (broad SMARTS) is 2. The topological polar surface area (TPSA) is 121 Å². The standard InChI is InChI=1S/C7H12N2O5/c1-4(7(13)14)9(2-5(8)10)3-6(11)12/h4H,2-3H2,1H3,(H2,8,10)(H,11,12)(H,13,14). The number of carbonyl (C=O) groups excluding carboxylic acids is 1. The SMILES string of the molecule is CC(C(=O)O)N(CC(N)=O)CC(=O)O. The van der Waals surface area contributed by atoms with E-state index in [0.29, 0.717) is 0 Å². The Morgan fingerprint density at radius 2 is 1.79 bits per heavy atom. The van der Waals surface area contributed by atoms with Crippen LogP contribution in [-0.4, -0.2) is 52.1 Å². The van der Waals surface area contributed by atoms with Crippen molar-refractivity contribution in [2.45, 2.75) is 13.0 Å². The van der Waals surface area contributed by atoms with Gasteiger partial charge in [0.05, 0.1) is 13.1 Å². The van der Waals surface area contributed by atoms with Crippen molar-refractivity contribution in [3.8, 4) is 0 Å². The number of carboxylic acids is 2. The monoisotopic (exact) mass is 204 g/mol. The van der Waals surface area contributed by atoms with Crippen molar-refractivity contribution in [2.75, 3.05) is 13.1 Å². The first-order valence-corrected chi connectivity index (χ1v) is 3.81. The Morgan fingerprint density at radius 3 is 2.07 bits per heavy atom. The molecule has 4 N–H and O–H groups in total. The summed E-state index contributed by atoms with van der Waals surface area (Å²) >= 11 is 0. The first-order chi connectivity index (χ1) is 6.34. The molecule has 0 aliphatic rings. The van der Waals surface area contributed by atoms with Gasteiger partial charge in [0, 0.05) is 0 Å². The highest BCUT2D eigenvalue weighted by atomic mass is 16.4. The lowest BCUT2D eigenvalue weighted by Gasteiger charge is -2.22. The van der Waals surface area contributed by atoms with E-state index < -0.39 is 30.4 Å². The minimum Gasteiger partial charge on any atom is -0.480 e. The molecule has 0 rings (SSSR count). The summed E-state index contributed by atoms with van der Waals surface area (Å²) in [5, 5.41) is 17.0. The first kappa shape index (κ1) is 12.4. The smallest absolute Gasteiger partial charge is 0.320 e. The van der Waals surface area contributed by atoms with Crippen molar-refractivity contribution in [3.63, 3.8) is 0 Å². The van der Waals surface area contributed by atoms with Gasteiger partial charge in [0.2, 0.25) is 5.91 Å². The maximum Gasteiger partial charge on any atom is 0.320 e. The van der Waals surface area contributed by atoms with Crippen molar-refractivity contribution in [1.29, 1.82) is 0 Å². The molecule has 80 valence electrons. The second-order valence-electron chi connectivity index (χ2n) is 2.78. The number of primary amides is 1. The third-order valence-electron chi connectivity index (χ3n) is 1.60. The molecule has 0 fully saturated rings. The van der Waals surface area contributed by atoms with Gasteiger partial charge < -0.3 is 15.9 Å². The van der Waals surface area contributed by atoms with E-state index in [2.05, 4.69) is 0 Å². The summed E-state index contributed by atoms with van der Waals surface area (Å²) in [6.45, 7) is 0.365. The molecule has 14 heavy (non-hydrogen) atoms. The molecule has 0 aliphatic heterocycles. The third-order valence-corrected chi connectivity index (χ3v) is 1.60. The van der Waals surface area contributed by atoms with Crippen molar-refractivity contribution in [2.24, 2.45) is 5.73 Å². The van der Waals surface area contributed by atoms with Gasteiger partial charge in [-0.3, -0.25) is 19.3 Å². The third kappa shape index (κ3) is 4.41. The van der Waals surface area contributed by atoms with Gasteiger partial charge in [0.15, 0.2) is 0 Å². The van der Waals surface area contributed by atoms with Crippen LogP contribution in [0.2, 0.25) is 0 Å². The summed E-state index contributed by atoms with van der Waals surface area (Å²) in [6, 6.07) is -1.06. The van der Waals surface area contributed by atoms with E-state index in [1.807, 2.05) is 0 Å². The Morgan fingerprint density at radius 1 is 1.29 bits per heavy atom. The molecule has 1 atom stereocenters. The molecule has 0 spiro atoms. The van der Waals surface area contributed by atoms with Gasteiger partial charge in [-0.1, -0.05) is 0 Å². The molecule has 1 unspecified atom stereocenters. The summed E-state index contributed by atoms with van der Waals surface area (Å²) < 4.78 is 0. The lowest BCUT2D eigenvalue weighted by molar-refractivity contribution is -0.146. The zero-order valence-electron chi connectivity index (χ0n) is 7.64. The maximum atomic E-state index is 10.5. The zero-order chi connectivity index (χ0) is 11.3. The Labute approximate surface area is 80.1 Å². The number of hydrogen-bond donors (Lipinski definition) is 3. The fourth-order valence-corrected chi connectivity index (χ4v) is 0.860. The van der Waals surface area contributed by atoms with Crippen molar-refractivity contribution >= 4 is 17.8 Å². The average Bonchev–Trinajstić information content (AvgIpc) is 1.99. The Balaban J connectivity index is 4.45. The molecule has 7 heteroatoms. The molecular formula is C7H12N2O5. The minimum absolute atomic E-state index is 0.389. The van der Waals surface area contributed by atoms with E-state index in [1.165, 1.54) is 6.92 Å². The predicted octanol–water partition coefficient (Wildman–Crippen LogP) is -1.67. The van der Waals surface area contributed by atoms with Gasteiger partial charge in [-0.2, -0.15) is 0 Å². The number of carbonyl (C=O) groups is 3. The summed E-state index contributed by atoms with van der Waals surface area (Å²) in [6.07, 6.45) is 0. The summed E-state index contributed by atoms with van der Waals surface area (Å²) in [7, 11) is 0. The van der Waals surface area contributed by atoms with Crippen LogP contribution in [0.3, 0.4) is 0 Å². The van der Waals surface area contributed by atoms with Crippen LogP contribution in [-0.2, 0) is 14.4 Å². The molecule has 0 aromatic rings. The van der Waals surface area contributed by atoms with E-state index in [4.69, 9.17) is 15.9 Å². The molecule has 0 saturated heterocycles. The van der Waals surface area contributed by atoms with E-state index >= 15 is 0 Å². The average molecular weight is 204 g/mol. The number of aliphatic carboxylic acids is 2. The Kier molecular flexibility index (Phi) is 4.57. The predicted molar refractivity (Wildman–Crippen MR) is 45.5 cm³/mol. The molecule has 0 aliphatic carbocycles. The van der Waals surface area contributed by atoms with Crippen LogP contribution in [0.1, 0.15) is 6.92 Å². The van der Waals surface area contributed by atoms with Crippen LogP contribution in [0.4, 0.5) is 0 Å². The van der Waals surface area contributed by atoms with Crippen molar-refractivity contribution in [3.05, 3.63) is 0 Å². The minimum atomic E-state index is -1.21. The second kappa shape index (κ2) is 5.18. The quantitative estimate of drug-likeness (QED) is 0.475. The molecule has 0 radical (unpaired) electrons. The molecule has 0 aromatic heterocycles. The van der Waals surface area contributed by atoms with Crippen LogP contribution >= 0.6 is 0 Å². The largest absolute Gasteiger partial charge is 0.480 e. The molecule has 0 aromatic carbocycles. The lowest BCUT2D eigenvalue weighted by atomic mass is 10.3. The molecule has 1 amide bonds. The summed E-state index contributed by atoms with van der Waals surface area (Å²) in [5.41, 5.74) is 4.84. The zero-order valence-corrected chi connectivity index (χ0v) is 7.64. The second-order valence-corrected chi connectivity index (χ2v) is 2.78. The molecule has 0 heterocycles. The number of nitrogens with zero attached hydrogens (tertiary/aromatic N) is 1. The van der Waals surface area contributed by atoms with Gasteiger partial charge in [-0.05, 0) is 6.92 Å².